The van der Waals surface area contributed by atoms with Crippen LogP contribution in [0.5, 0.6) is 0 Å². The van der Waals surface area contributed by atoms with Gasteiger partial charge in [0.15, 0.2) is 0 Å². The van der Waals surface area contributed by atoms with Gasteiger partial charge in [0, 0.05) is 6.04 Å². The molecule has 0 aliphatic carbocycles. The molecule has 9 heavy (non-hydrogen) atoms. The molecular weight excluding hydrogens is 112 g/mol. The average molecular weight is 129 g/mol. The molecule has 0 heterocycles. The molecule has 1 atom stereocenters. The summed E-state index contributed by atoms with van der Waals surface area (Å²) in [6.07, 6.45) is 0.352. The second-order valence-electron chi connectivity index (χ2n) is 2.84. The second kappa shape index (κ2) is 3.85. The highest BCUT2D eigenvalue weighted by molar-refractivity contribution is 4.58. The molecule has 0 fully saturated rings. The van der Waals surface area contributed by atoms with Crippen LogP contribution in [0.3, 0.4) is 0 Å². The van der Waals surface area contributed by atoms with Gasteiger partial charge in [-0.2, -0.15) is 0 Å². The Morgan fingerprint density at radius 2 is 1.56 bits per heavy atom. The van der Waals surface area contributed by atoms with Crippen LogP contribution in [0.1, 0.15) is 20.8 Å². The van der Waals surface area contributed by atoms with Crippen LogP contribution in [0, 0.1) is 0 Å². The first-order valence-electron chi connectivity index (χ1n) is 3.40. The minimum absolute atomic E-state index is 0.352. The van der Waals surface area contributed by atoms with Gasteiger partial charge in [-0.3, -0.25) is 4.90 Å². The zero-order valence-electron chi connectivity index (χ0n) is 7.05. The van der Waals surface area contributed by atoms with Gasteiger partial charge in [-0.15, -0.1) is 0 Å². The molecule has 0 aromatic carbocycles. The lowest BCUT2D eigenvalue weighted by atomic mass is 10.3. The normalized spacial score (nSPS) is 15.0. The monoisotopic (exact) mass is 129 g/mol. The first-order valence-corrected chi connectivity index (χ1v) is 3.40. The van der Waals surface area contributed by atoms with Crippen molar-refractivity contribution in [2.24, 2.45) is 0 Å². The van der Waals surface area contributed by atoms with Crippen LogP contribution in [0.15, 0.2) is 0 Å². The van der Waals surface area contributed by atoms with Crippen molar-refractivity contribution < 1.29 is 0 Å². The Labute approximate surface area is 58.2 Å². The Morgan fingerprint density at radius 1 is 1.11 bits per heavy atom. The Kier molecular flexibility index (Phi) is 3.82. The van der Waals surface area contributed by atoms with Crippen molar-refractivity contribution in [3.63, 3.8) is 0 Å². The molecule has 1 radical (unpaired) electrons. The molecule has 0 N–H and O–H groups in total. The van der Waals surface area contributed by atoms with Crippen LogP contribution in [0.4, 0.5) is 0 Å². The molecule has 0 saturated heterocycles. The van der Waals surface area contributed by atoms with E-state index in [-0.39, 0.29) is 0 Å². The summed E-state index contributed by atoms with van der Waals surface area (Å²) in [7, 11) is 4.08. The van der Waals surface area contributed by atoms with Crippen LogP contribution in [-0.2, 0) is 0 Å². The molecular formula is C7H17N2. The van der Waals surface area contributed by atoms with E-state index in [2.05, 4.69) is 31.0 Å². The van der Waals surface area contributed by atoms with Crippen LogP contribution >= 0.6 is 0 Å². The molecule has 1 unspecified atom stereocenters. The van der Waals surface area contributed by atoms with Crippen molar-refractivity contribution in [3.05, 3.63) is 0 Å². The third kappa shape index (κ3) is 4.43. The highest BCUT2D eigenvalue weighted by Gasteiger charge is 2.05. The van der Waals surface area contributed by atoms with Crippen molar-refractivity contribution >= 4 is 0 Å². The Hall–Kier alpha value is -0.0800. The summed E-state index contributed by atoms with van der Waals surface area (Å²) in [5.74, 6) is 0. The fraction of sp³-hybridized carbons (Fsp3) is 1.00. The summed E-state index contributed by atoms with van der Waals surface area (Å²) in [6.45, 7) is 6.29. The summed E-state index contributed by atoms with van der Waals surface area (Å²) in [6, 6.07) is 0.447. The van der Waals surface area contributed by atoms with Crippen molar-refractivity contribution in [3.8, 4) is 0 Å². The summed E-state index contributed by atoms with van der Waals surface area (Å²) >= 11 is 0. The van der Waals surface area contributed by atoms with Crippen molar-refractivity contribution in [1.29, 1.82) is 0 Å². The molecule has 55 valence electrons. The summed E-state index contributed by atoms with van der Waals surface area (Å²) < 4.78 is 0. The first-order chi connectivity index (χ1) is 4.04. The van der Waals surface area contributed by atoms with Crippen LogP contribution in [-0.4, -0.2) is 31.2 Å². The first kappa shape index (κ1) is 8.92. The number of nitrogens with zero attached hydrogens (tertiary/aromatic N) is 2. The Bertz CT molecular complexity index is 69.3. The fourth-order valence-electron chi connectivity index (χ4n) is 0.565. The molecule has 0 aliphatic rings. The molecule has 2 heteroatoms. The number of hydrogen-bond donors (Lipinski definition) is 0. The lowest BCUT2D eigenvalue weighted by Crippen LogP contribution is -2.36. The third-order valence-electron chi connectivity index (χ3n) is 1.26. The van der Waals surface area contributed by atoms with E-state index in [9.17, 15) is 0 Å². The van der Waals surface area contributed by atoms with Crippen molar-refractivity contribution in [2.75, 3.05) is 14.1 Å². The summed E-state index contributed by atoms with van der Waals surface area (Å²) in [4.78, 5) is 2.10. The maximum atomic E-state index is 4.40. The van der Waals surface area contributed by atoms with Gasteiger partial charge in [-0.1, -0.05) is 0 Å². The van der Waals surface area contributed by atoms with Crippen LogP contribution in [0.25, 0.3) is 0 Å². The van der Waals surface area contributed by atoms with Gasteiger partial charge in [-0.05, 0) is 34.9 Å². The topological polar surface area (TPSA) is 17.3 Å². The predicted molar refractivity (Wildman–Crippen MR) is 40.4 cm³/mol. The minimum atomic E-state index is 0.352. The van der Waals surface area contributed by atoms with E-state index < -0.39 is 0 Å². The Morgan fingerprint density at radius 3 is 1.67 bits per heavy atom. The second-order valence-corrected chi connectivity index (χ2v) is 2.84. The SMILES string of the molecule is CC(C)[N]C(C)N(C)C. The van der Waals surface area contributed by atoms with E-state index in [0.29, 0.717) is 12.2 Å². The van der Waals surface area contributed by atoms with Crippen LogP contribution in [0.2, 0.25) is 0 Å². The quantitative estimate of drug-likeness (QED) is 0.553. The van der Waals surface area contributed by atoms with Gasteiger partial charge in [0.1, 0.15) is 0 Å². The molecule has 0 saturated carbocycles. The van der Waals surface area contributed by atoms with E-state index in [4.69, 9.17) is 0 Å². The highest BCUT2D eigenvalue weighted by atomic mass is 15.2. The summed E-state index contributed by atoms with van der Waals surface area (Å²) in [5.41, 5.74) is 0. The molecule has 0 amide bonds. The molecule has 0 aliphatic heterocycles. The van der Waals surface area contributed by atoms with Gasteiger partial charge in [0.2, 0.25) is 0 Å². The van der Waals surface area contributed by atoms with Crippen molar-refractivity contribution in [2.45, 2.75) is 33.0 Å². The van der Waals surface area contributed by atoms with E-state index >= 15 is 0 Å². The lowest BCUT2D eigenvalue weighted by Gasteiger charge is -2.21. The average Bonchev–Trinajstić information content (AvgIpc) is 1.63. The lowest BCUT2D eigenvalue weighted by molar-refractivity contribution is 0.245. The highest BCUT2D eigenvalue weighted by Crippen LogP contribution is 1.90. The van der Waals surface area contributed by atoms with E-state index in [1.807, 2.05) is 14.1 Å². The smallest absolute Gasteiger partial charge is 0.0730 e. The van der Waals surface area contributed by atoms with E-state index in [1.165, 1.54) is 0 Å². The molecule has 2 nitrogen and oxygen atoms in total. The molecule has 0 aromatic rings. The molecule has 0 aromatic heterocycles. The van der Waals surface area contributed by atoms with E-state index in [1.54, 1.807) is 0 Å². The maximum absolute atomic E-state index is 4.40. The van der Waals surface area contributed by atoms with Gasteiger partial charge in [0.25, 0.3) is 0 Å². The molecule has 0 spiro atoms. The third-order valence-corrected chi connectivity index (χ3v) is 1.26. The largest absolute Gasteiger partial charge is 0.293 e. The number of hydrogen-bond acceptors (Lipinski definition) is 1. The zero-order valence-corrected chi connectivity index (χ0v) is 7.05. The molecule has 0 rings (SSSR count). The maximum Gasteiger partial charge on any atom is 0.0730 e. The predicted octanol–water partition coefficient (Wildman–Crippen LogP) is 0.907. The van der Waals surface area contributed by atoms with Gasteiger partial charge < -0.3 is 0 Å². The standard InChI is InChI=1S/C7H17N2/c1-6(2)8-7(3)9(4)5/h6-7H,1-5H3. The van der Waals surface area contributed by atoms with Gasteiger partial charge in [-0.25, -0.2) is 5.32 Å². The molecule has 0 bridgehead atoms. The Balaban J connectivity index is 3.38. The van der Waals surface area contributed by atoms with Gasteiger partial charge in [0.05, 0.1) is 6.17 Å². The zero-order chi connectivity index (χ0) is 7.44. The summed E-state index contributed by atoms with van der Waals surface area (Å²) in [5, 5.41) is 4.40. The fourth-order valence-corrected chi connectivity index (χ4v) is 0.565. The van der Waals surface area contributed by atoms with Gasteiger partial charge >= 0.3 is 0 Å². The van der Waals surface area contributed by atoms with Crippen molar-refractivity contribution in [1.82, 2.24) is 10.2 Å². The minimum Gasteiger partial charge on any atom is -0.293 e. The van der Waals surface area contributed by atoms with Crippen LogP contribution < -0.4 is 5.32 Å². The van der Waals surface area contributed by atoms with E-state index in [0.717, 1.165) is 0 Å². The number of rotatable bonds is 3.